The summed E-state index contributed by atoms with van der Waals surface area (Å²) >= 11 is 0. The molecule has 5 heteroatoms. The lowest BCUT2D eigenvalue weighted by Crippen LogP contribution is -2.62. The zero-order valence-corrected chi connectivity index (χ0v) is 14.4. The Morgan fingerprint density at radius 2 is 2.04 bits per heavy atom. The lowest BCUT2D eigenvalue weighted by atomic mass is 9.46. The van der Waals surface area contributed by atoms with Gasteiger partial charge in [-0.25, -0.2) is 0 Å². The molecule has 5 nitrogen and oxygen atoms in total. The highest BCUT2D eigenvalue weighted by atomic mass is 16.7. The fourth-order valence-electron chi connectivity index (χ4n) is 6.02. The van der Waals surface area contributed by atoms with E-state index in [0.717, 1.165) is 32.3 Å². The molecule has 0 N–H and O–H groups in total. The molecule has 23 heavy (non-hydrogen) atoms. The Balaban J connectivity index is 1.59. The zero-order chi connectivity index (χ0) is 16.2. The van der Waals surface area contributed by atoms with Crippen LogP contribution in [0.25, 0.3) is 0 Å². The van der Waals surface area contributed by atoms with Crippen LogP contribution in [0.2, 0.25) is 0 Å². The molecule has 0 aromatic carbocycles. The van der Waals surface area contributed by atoms with Crippen molar-refractivity contribution in [1.29, 1.82) is 0 Å². The molecule has 2 aliphatic heterocycles. The number of carbonyl (C=O) groups excluding carboxylic acids is 1. The van der Waals surface area contributed by atoms with Crippen LogP contribution in [-0.4, -0.2) is 44.8 Å². The van der Waals surface area contributed by atoms with E-state index in [0.29, 0.717) is 24.9 Å². The van der Waals surface area contributed by atoms with Crippen molar-refractivity contribution in [3.05, 3.63) is 0 Å². The number of rotatable bonds is 2. The average Bonchev–Trinajstić information content (AvgIpc) is 2.90. The van der Waals surface area contributed by atoms with Gasteiger partial charge in [-0.15, -0.1) is 0 Å². The van der Waals surface area contributed by atoms with E-state index in [-0.39, 0.29) is 35.3 Å². The lowest BCUT2D eigenvalue weighted by Gasteiger charge is -2.62. The largest absolute Gasteiger partial charge is 0.462 e. The molecule has 4 fully saturated rings. The predicted molar refractivity (Wildman–Crippen MR) is 82.6 cm³/mol. The maximum atomic E-state index is 11.8. The van der Waals surface area contributed by atoms with Gasteiger partial charge in [-0.1, -0.05) is 13.8 Å². The molecule has 0 amide bonds. The summed E-state index contributed by atoms with van der Waals surface area (Å²) in [6.45, 7) is 5.90. The van der Waals surface area contributed by atoms with E-state index >= 15 is 0 Å². The first-order valence-electron chi connectivity index (χ1n) is 8.93. The summed E-state index contributed by atoms with van der Waals surface area (Å²) < 4.78 is 23.0. The minimum atomic E-state index is -0.241. The van der Waals surface area contributed by atoms with Gasteiger partial charge in [0.25, 0.3) is 0 Å². The highest BCUT2D eigenvalue weighted by Crippen LogP contribution is 2.63. The van der Waals surface area contributed by atoms with Gasteiger partial charge in [0.05, 0.1) is 25.7 Å². The van der Waals surface area contributed by atoms with Gasteiger partial charge < -0.3 is 18.9 Å². The summed E-state index contributed by atoms with van der Waals surface area (Å²) in [5.74, 6) is 0.877. The van der Waals surface area contributed by atoms with Crippen molar-refractivity contribution in [2.45, 2.75) is 64.4 Å². The molecule has 4 rings (SSSR count). The van der Waals surface area contributed by atoms with E-state index in [2.05, 4.69) is 13.8 Å². The van der Waals surface area contributed by atoms with Crippen LogP contribution in [0, 0.1) is 22.7 Å². The minimum Gasteiger partial charge on any atom is -0.462 e. The van der Waals surface area contributed by atoms with Crippen molar-refractivity contribution in [1.82, 2.24) is 0 Å². The van der Waals surface area contributed by atoms with Gasteiger partial charge in [0.15, 0.2) is 6.29 Å². The molecular formula is C18H28O5. The van der Waals surface area contributed by atoms with Crippen LogP contribution in [0.5, 0.6) is 0 Å². The van der Waals surface area contributed by atoms with E-state index in [1.54, 1.807) is 7.11 Å². The molecule has 2 saturated carbocycles. The summed E-state index contributed by atoms with van der Waals surface area (Å²) in [5, 5.41) is 0. The Morgan fingerprint density at radius 1 is 1.22 bits per heavy atom. The molecule has 2 saturated heterocycles. The Bertz CT molecular complexity index is 494. The fraction of sp³-hybridized carbons (Fsp3) is 0.944. The summed E-state index contributed by atoms with van der Waals surface area (Å²) in [6.07, 6.45) is 4.93. The van der Waals surface area contributed by atoms with E-state index in [9.17, 15) is 4.79 Å². The van der Waals surface area contributed by atoms with E-state index < -0.39 is 0 Å². The third-order valence-electron chi connectivity index (χ3n) is 7.18. The number of hydrogen-bond donors (Lipinski definition) is 0. The normalized spacial score (nSPS) is 52.3. The molecule has 2 heterocycles. The molecule has 0 aromatic heterocycles. The van der Waals surface area contributed by atoms with Crippen molar-refractivity contribution < 1.29 is 23.7 Å². The maximum absolute atomic E-state index is 11.8. The number of fused-ring (bicyclic) bond motifs is 5. The minimum absolute atomic E-state index is 0.00884. The predicted octanol–water partition coefficient (Wildman–Crippen LogP) is 2.52. The van der Waals surface area contributed by atoms with Gasteiger partial charge in [-0.3, -0.25) is 4.79 Å². The van der Waals surface area contributed by atoms with Crippen molar-refractivity contribution in [3.63, 3.8) is 0 Å². The third kappa shape index (κ3) is 2.27. The van der Waals surface area contributed by atoms with Crippen LogP contribution >= 0.6 is 0 Å². The van der Waals surface area contributed by atoms with Crippen LogP contribution in [-0.2, 0) is 23.7 Å². The molecule has 2 aliphatic carbocycles. The van der Waals surface area contributed by atoms with Gasteiger partial charge in [-0.05, 0) is 37.0 Å². The standard InChI is InChI=1S/C18H28O5/c1-17-7-6-14-18(2,10-21-16(23-14)9-20-3)13(17)5-4-12-11(17)8-15(19)22-12/h11-14,16H,4-10H2,1-3H3/t11-,12-,13-,14-,16-,17+,18-/m1/s1. The van der Waals surface area contributed by atoms with Crippen LogP contribution in [0.1, 0.15) is 46.0 Å². The Morgan fingerprint density at radius 3 is 2.83 bits per heavy atom. The Kier molecular flexibility index (Phi) is 3.74. The van der Waals surface area contributed by atoms with Gasteiger partial charge >= 0.3 is 5.97 Å². The van der Waals surface area contributed by atoms with Crippen LogP contribution < -0.4 is 0 Å². The fourth-order valence-corrected chi connectivity index (χ4v) is 6.02. The molecule has 0 radical (unpaired) electrons. The number of esters is 1. The molecular weight excluding hydrogens is 296 g/mol. The van der Waals surface area contributed by atoms with E-state index in [1.165, 1.54) is 0 Å². The van der Waals surface area contributed by atoms with Gasteiger partial charge in [0, 0.05) is 18.4 Å². The van der Waals surface area contributed by atoms with Crippen LogP contribution in [0.15, 0.2) is 0 Å². The molecule has 130 valence electrons. The molecule has 7 atom stereocenters. The quantitative estimate of drug-likeness (QED) is 0.731. The molecule has 0 unspecified atom stereocenters. The summed E-state index contributed by atoms with van der Waals surface area (Å²) in [7, 11) is 1.68. The second kappa shape index (κ2) is 5.43. The SMILES string of the molecule is COC[C@@H]1OC[C@]2(C)[C@@H]3CC[C@H]4OC(=O)C[C@H]4[C@]3(C)CC[C@H]2O1. The number of methoxy groups -OCH3 is 1. The van der Waals surface area contributed by atoms with Gasteiger partial charge in [0.1, 0.15) is 6.10 Å². The Labute approximate surface area is 138 Å². The number of ether oxygens (including phenoxy) is 4. The second-order valence-corrected chi connectivity index (χ2v) is 8.34. The van der Waals surface area contributed by atoms with Crippen molar-refractivity contribution >= 4 is 5.97 Å². The lowest BCUT2D eigenvalue weighted by molar-refractivity contribution is -0.314. The number of carbonyl (C=O) groups is 1. The third-order valence-corrected chi connectivity index (χ3v) is 7.18. The van der Waals surface area contributed by atoms with Gasteiger partial charge in [0.2, 0.25) is 0 Å². The zero-order valence-electron chi connectivity index (χ0n) is 14.4. The van der Waals surface area contributed by atoms with E-state index in [1.807, 2.05) is 0 Å². The maximum Gasteiger partial charge on any atom is 0.306 e. The van der Waals surface area contributed by atoms with Crippen molar-refractivity contribution in [2.75, 3.05) is 20.3 Å². The van der Waals surface area contributed by atoms with Gasteiger partial charge in [-0.2, -0.15) is 0 Å². The van der Waals surface area contributed by atoms with Crippen molar-refractivity contribution in [3.8, 4) is 0 Å². The van der Waals surface area contributed by atoms with Crippen LogP contribution in [0.3, 0.4) is 0 Å². The molecule has 4 aliphatic rings. The molecule has 0 bridgehead atoms. The topological polar surface area (TPSA) is 54.0 Å². The monoisotopic (exact) mass is 324 g/mol. The summed E-state index contributed by atoms with van der Waals surface area (Å²) in [6, 6.07) is 0. The second-order valence-electron chi connectivity index (χ2n) is 8.34. The molecule has 0 spiro atoms. The van der Waals surface area contributed by atoms with Crippen molar-refractivity contribution in [2.24, 2.45) is 22.7 Å². The first-order chi connectivity index (χ1) is 11.0. The summed E-state index contributed by atoms with van der Waals surface area (Å²) in [5.41, 5.74) is 0.176. The highest BCUT2D eigenvalue weighted by molar-refractivity contribution is 5.72. The Hall–Kier alpha value is -0.650. The number of hydrogen-bond acceptors (Lipinski definition) is 5. The van der Waals surface area contributed by atoms with Crippen LogP contribution in [0.4, 0.5) is 0 Å². The first kappa shape index (κ1) is 15.9. The highest BCUT2D eigenvalue weighted by Gasteiger charge is 2.63. The smallest absolute Gasteiger partial charge is 0.306 e. The summed E-state index contributed by atoms with van der Waals surface area (Å²) in [4.78, 5) is 11.8. The molecule has 0 aromatic rings. The van der Waals surface area contributed by atoms with E-state index in [4.69, 9.17) is 18.9 Å². The first-order valence-corrected chi connectivity index (χ1v) is 8.93. The average molecular weight is 324 g/mol.